The molecule has 1 N–H and O–H groups in total. The SMILES string of the molecule is N#[N+]c1ccc(S(=O)(=O)O)c2cccc(S(=O)(=O)[O-])c12. The summed E-state index contributed by atoms with van der Waals surface area (Å²) in [5.41, 5.74) is -0.303. The van der Waals surface area contributed by atoms with Crippen LogP contribution in [-0.4, -0.2) is 25.9 Å². The molecular formula is C10H6N2O6S2. The monoisotopic (exact) mass is 314 g/mol. The minimum atomic E-state index is -4.92. The van der Waals surface area contributed by atoms with Gasteiger partial charge in [-0.2, -0.15) is 8.42 Å². The molecule has 0 aromatic heterocycles. The van der Waals surface area contributed by atoms with Crippen molar-refractivity contribution in [1.82, 2.24) is 0 Å². The molecule has 2 rings (SSSR count). The molecule has 10 heteroatoms. The Morgan fingerprint density at radius 1 is 1.05 bits per heavy atom. The normalized spacial score (nSPS) is 12.2. The molecule has 104 valence electrons. The number of diazo groups is 1. The Kier molecular flexibility index (Phi) is 3.23. The van der Waals surface area contributed by atoms with Crippen LogP contribution in [0.1, 0.15) is 0 Å². The van der Waals surface area contributed by atoms with Crippen molar-refractivity contribution >= 4 is 36.7 Å². The van der Waals surface area contributed by atoms with Crippen LogP contribution in [-0.2, 0) is 20.2 Å². The molecule has 0 spiro atoms. The van der Waals surface area contributed by atoms with Gasteiger partial charge in [0.25, 0.3) is 10.1 Å². The molecule has 0 unspecified atom stereocenters. The fraction of sp³-hybridized carbons (Fsp3) is 0. The smallest absolute Gasteiger partial charge is 0.394 e. The van der Waals surface area contributed by atoms with E-state index in [1.54, 1.807) is 0 Å². The summed E-state index contributed by atoms with van der Waals surface area (Å²) in [6, 6.07) is 5.19. The third kappa shape index (κ3) is 2.35. The summed E-state index contributed by atoms with van der Waals surface area (Å²) < 4.78 is 65.1. The molecule has 0 saturated heterocycles. The third-order valence-electron chi connectivity index (χ3n) is 2.60. The molecule has 2 aromatic carbocycles. The first kappa shape index (κ1) is 14.4. The van der Waals surface area contributed by atoms with Crippen molar-refractivity contribution in [2.45, 2.75) is 9.79 Å². The Bertz CT molecular complexity index is 957. The number of hydrogen-bond donors (Lipinski definition) is 1. The van der Waals surface area contributed by atoms with Gasteiger partial charge in [0.2, 0.25) is 5.39 Å². The van der Waals surface area contributed by atoms with E-state index in [0.29, 0.717) is 0 Å². The van der Waals surface area contributed by atoms with E-state index < -0.39 is 30.0 Å². The average Bonchev–Trinajstić information content (AvgIpc) is 2.34. The number of benzene rings is 2. The standard InChI is InChI=1S/C10H6N2O6S2/c11-12-7-4-5-8(19(13,14)15)6-2-1-3-9(10(6)7)20(16,17)18/h1-5H,(H-,13,14,15,16,17,18). The van der Waals surface area contributed by atoms with Gasteiger partial charge in [-0.05, 0) is 12.1 Å². The zero-order valence-corrected chi connectivity index (χ0v) is 11.2. The van der Waals surface area contributed by atoms with Crippen molar-refractivity contribution in [3.8, 4) is 0 Å². The van der Waals surface area contributed by atoms with Crippen molar-refractivity contribution < 1.29 is 25.9 Å². The van der Waals surface area contributed by atoms with Gasteiger partial charge >= 0.3 is 5.69 Å². The van der Waals surface area contributed by atoms with Crippen LogP contribution < -0.4 is 0 Å². The molecule has 0 radical (unpaired) electrons. The van der Waals surface area contributed by atoms with Crippen molar-refractivity contribution in [3.05, 3.63) is 35.3 Å². The maximum Gasteiger partial charge on any atom is 0.394 e. The Hall–Kier alpha value is -2.06. The van der Waals surface area contributed by atoms with E-state index in [1.165, 1.54) is 6.07 Å². The summed E-state index contributed by atoms with van der Waals surface area (Å²) in [6.45, 7) is 0. The number of hydrogen-bond acceptors (Lipinski definition) is 6. The first-order valence-electron chi connectivity index (χ1n) is 5.00. The highest BCUT2D eigenvalue weighted by molar-refractivity contribution is 7.86. The zero-order valence-electron chi connectivity index (χ0n) is 9.59. The minimum absolute atomic E-state index is 0.236. The Morgan fingerprint density at radius 2 is 1.70 bits per heavy atom. The number of nitrogens with zero attached hydrogens (tertiary/aromatic N) is 2. The molecule has 0 saturated carbocycles. The largest absolute Gasteiger partial charge is 0.744 e. The Balaban J connectivity index is 3.15. The van der Waals surface area contributed by atoms with E-state index in [-0.39, 0.29) is 16.5 Å². The van der Waals surface area contributed by atoms with E-state index in [1.807, 2.05) is 0 Å². The lowest BCUT2D eigenvalue weighted by molar-refractivity contribution is 0.463. The number of fused-ring (bicyclic) bond motifs is 1. The fourth-order valence-electron chi connectivity index (χ4n) is 1.85. The van der Waals surface area contributed by atoms with Gasteiger partial charge in [0.05, 0.1) is 10.3 Å². The summed E-state index contributed by atoms with van der Waals surface area (Å²) >= 11 is 0. The minimum Gasteiger partial charge on any atom is -0.744 e. The van der Waals surface area contributed by atoms with E-state index in [0.717, 1.165) is 24.3 Å². The molecule has 0 atom stereocenters. The molecule has 8 nitrogen and oxygen atoms in total. The maximum absolute atomic E-state index is 11.2. The topological polar surface area (TPSA) is 140 Å². The quantitative estimate of drug-likeness (QED) is 0.653. The van der Waals surface area contributed by atoms with Gasteiger partial charge in [0, 0.05) is 11.5 Å². The van der Waals surface area contributed by atoms with Crippen LogP contribution in [0.2, 0.25) is 0 Å². The molecule has 0 amide bonds. The van der Waals surface area contributed by atoms with E-state index in [9.17, 15) is 21.4 Å². The highest BCUT2D eigenvalue weighted by Crippen LogP contribution is 2.35. The lowest BCUT2D eigenvalue weighted by Gasteiger charge is -2.10. The first-order valence-corrected chi connectivity index (χ1v) is 7.85. The highest BCUT2D eigenvalue weighted by atomic mass is 32.2. The van der Waals surface area contributed by atoms with Gasteiger partial charge < -0.3 is 4.55 Å². The summed E-state index contributed by atoms with van der Waals surface area (Å²) in [4.78, 5) is 1.48. The van der Waals surface area contributed by atoms with Gasteiger partial charge in [-0.1, -0.05) is 12.1 Å². The van der Waals surface area contributed by atoms with Crippen LogP contribution in [0.5, 0.6) is 0 Å². The van der Waals surface area contributed by atoms with E-state index in [2.05, 4.69) is 4.98 Å². The molecule has 0 aliphatic carbocycles. The molecule has 0 bridgehead atoms. The van der Waals surface area contributed by atoms with Crippen LogP contribution in [0.15, 0.2) is 40.1 Å². The van der Waals surface area contributed by atoms with Crippen molar-refractivity contribution in [3.63, 3.8) is 0 Å². The van der Waals surface area contributed by atoms with Gasteiger partial charge in [-0.15, -0.1) is 0 Å². The van der Waals surface area contributed by atoms with Crippen LogP contribution in [0, 0.1) is 5.39 Å². The van der Waals surface area contributed by atoms with Gasteiger partial charge in [0.15, 0.2) is 4.98 Å². The predicted octanol–water partition coefficient (Wildman–Crippen LogP) is 1.48. The van der Waals surface area contributed by atoms with Crippen molar-refractivity contribution in [2.24, 2.45) is 0 Å². The summed E-state index contributed by atoms with van der Waals surface area (Å²) in [5.74, 6) is 0. The molecular weight excluding hydrogens is 308 g/mol. The van der Waals surface area contributed by atoms with Crippen LogP contribution >= 0.6 is 0 Å². The second-order valence-corrected chi connectivity index (χ2v) is 6.53. The molecule has 2 aromatic rings. The highest BCUT2D eigenvalue weighted by Gasteiger charge is 2.24. The van der Waals surface area contributed by atoms with E-state index in [4.69, 9.17) is 9.95 Å². The van der Waals surface area contributed by atoms with Gasteiger partial charge in [-0.3, -0.25) is 4.55 Å². The van der Waals surface area contributed by atoms with Crippen molar-refractivity contribution in [1.29, 1.82) is 5.39 Å². The van der Waals surface area contributed by atoms with Crippen LogP contribution in [0.25, 0.3) is 15.7 Å². The molecule has 0 aliphatic heterocycles. The lowest BCUT2D eigenvalue weighted by Crippen LogP contribution is -2.03. The number of rotatable bonds is 2. The summed E-state index contributed by atoms with van der Waals surface area (Å²) in [6.07, 6.45) is 0. The molecule has 0 aliphatic rings. The fourth-order valence-corrected chi connectivity index (χ4v) is 3.24. The van der Waals surface area contributed by atoms with Gasteiger partial charge in [0.1, 0.15) is 15.0 Å². The zero-order chi connectivity index (χ0) is 15.1. The summed E-state index contributed by atoms with van der Waals surface area (Å²) in [7, 11) is -9.56. The van der Waals surface area contributed by atoms with Crippen LogP contribution in [0.3, 0.4) is 0 Å². The Morgan fingerprint density at radius 3 is 2.20 bits per heavy atom. The van der Waals surface area contributed by atoms with Gasteiger partial charge in [-0.25, -0.2) is 8.42 Å². The second-order valence-electron chi connectivity index (χ2n) is 3.79. The van der Waals surface area contributed by atoms with E-state index >= 15 is 0 Å². The predicted molar refractivity (Wildman–Crippen MR) is 66.5 cm³/mol. The summed E-state index contributed by atoms with van der Waals surface area (Å²) in [5, 5.41) is 8.22. The third-order valence-corrected chi connectivity index (χ3v) is 4.39. The molecule has 20 heavy (non-hydrogen) atoms. The second kappa shape index (κ2) is 4.50. The first-order chi connectivity index (χ1) is 9.16. The molecule has 0 fully saturated rings. The Labute approximate surface area is 113 Å². The molecule has 0 heterocycles. The lowest BCUT2D eigenvalue weighted by atomic mass is 10.1. The average molecular weight is 314 g/mol. The maximum atomic E-state index is 11.2. The van der Waals surface area contributed by atoms with Crippen molar-refractivity contribution in [2.75, 3.05) is 0 Å². The van der Waals surface area contributed by atoms with Crippen LogP contribution in [0.4, 0.5) is 5.69 Å².